The number of amidine groups is 1. The quantitative estimate of drug-likeness (QED) is 0.476. The van der Waals surface area contributed by atoms with Gasteiger partial charge in [-0.1, -0.05) is 0 Å². The predicted octanol–water partition coefficient (Wildman–Crippen LogP) is -0.987. The largest absolute Gasteiger partial charge is 0.368 e. The first kappa shape index (κ1) is 14.2. The summed E-state index contributed by atoms with van der Waals surface area (Å²) in [6.45, 7) is 3.90. The van der Waals surface area contributed by atoms with Gasteiger partial charge in [0.05, 0.1) is 11.6 Å². The average molecular weight is 315 g/mol. The normalized spacial score (nSPS) is 27.9. The van der Waals surface area contributed by atoms with Crippen LogP contribution < -0.4 is 22.2 Å². The second-order valence-electron chi connectivity index (χ2n) is 6.15. The molecule has 4 heterocycles. The van der Waals surface area contributed by atoms with E-state index in [4.69, 9.17) is 11.5 Å². The minimum absolute atomic E-state index is 0.169. The van der Waals surface area contributed by atoms with Crippen LogP contribution in [-0.4, -0.2) is 46.1 Å². The highest BCUT2D eigenvalue weighted by Gasteiger charge is 2.45. The predicted molar refractivity (Wildman–Crippen MR) is 87.2 cm³/mol. The van der Waals surface area contributed by atoms with Gasteiger partial charge in [0.2, 0.25) is 5.96 Å². The molecule has 0 aromatic carbocycles. The summed E-state index contributed by atoms with van der Waals surface area (Å²) in [6.07, 6.45) is 3.92. The summed E-state index contributed by atoms with van der Waals surface area (Å²) in [5.74, 6) is 0.912. The first-order valence-corrected chi connectivity index (χ1v) is 7.80. The summed E-state index contributed by atoms with van der Waals surface area (Å²) in [5.41, 5.74) is 17.0. The summed E-state index contributed by atoms with van der Waals surface area (Å²) in [6, 6.07) is 2.23. The summed E-state index contributed by atoms with van der Waals surface area (Å²) in [7, 11) is 0. The summed E-state index contributed by atoms with van der Waals surface area (Å²) in [4.78, 5) is 8.80. The maximum Gasteiger partial charge on any atom is 0.219 e. The fourth-order valence-electron chi connectivity index (χ4n) is 3.31. The lowest BCUT2D eigenvalue weighted by Gasteiger charge is -2.35. The van der Waals surface area contributed by atoms with Crippen LogP contribution >= 0.6 is 0 Å². The smallest absolute Gasteiger partial charge is 0.219 e. The van der Waals surface area contributed by atoms with Gasteiger partial charge < -0.3 is 16.5 Å². The molecule has 9 heteroatoms. The van der Waals surface area contributed by atoms with Crippen LogP contribution in [0.5, 0.6) is 0 Å². The van der Waals surface area contributed by atoms with Crippen LogP contribution in [0.1, 0.15) is 24.2 Å². The van der Waals surface area contributed by atoms with Crippen molar-refractivity contribution in [1.82, 2.24) is 25.9 Å². The Labute approximate surface area is 133 Å². The molecule has 1 unspecified atom stereocenters. The van der Waals surface area contributed by atoms with Gasteiger partial charge in [0.15, 0.2) is 11.5 Å². The van der Waals surface area contributed by atoms with E-state index in [1.54, 1.807) is 0 Å². The molecule has 0 bridgehead atoms. The number of aryl methyl sites for hydroxylation is 1. The second kappa shape index (κ2) is 5.07. The van der Waals surface area contributed by atoms with Crippen LogP contribution in [0.3, 0.4) is 0 Å². The van der Waals surface area contributed by atoms with E-state index in [1.807, 2.05) is 19.2 Å². The van der Waals surface area contributed by atoms with Crippen molar-refractivity contribution >= 4 is 11.8 Å². The van der Waals surface area contributed by atoms with Crippen molar-refractivity contribution in [3.05, 3.63) is 29.2 Å². The number of aliphatic imine (C=N–C) groups is 2. The van der Waals surface area contributed by atoms with Gasteiger partial charge in [-0.05, 0) is 38.9 Å². The van der Waals surface area contributed by atoms with E-state index in [9.17, 15) is 0 Å². The molecule has 3 aliphatic heterocycles. The number of nitrogens with two attached hydrogens (primary N) is 2. The van der Waals surface area contributed by atoms with Gasteiger partial charge in [-0.2, -0.15) is 10.1 Å². The first-order valence-electron chi connectivity index (χ1n) is 7.80. The monoisotopic (exact) mass is 315 g/mol. The molecule has 3 aliphatic rings. The number of hydrogen-bond acceptors (Lipinski definition) is 8. The third-order valence-corrected chi connectivity index (χ3v) is 4.51. The van der Waals surface area contributed by atoms with E-state index < -0.39 is 5.66 Å². The number of aromatic amines is 1. The number of fused-ring (bicyclic) bond motifs is 1. The zero-order valence-electron chi connectivity index (χ0n) is 13.0. The third-order valence-electron chi connectivity index (χ3n) is 4.51. The fraction of sp³-hybridized carbons (Fsp3) is 0.500. The minimum atomic E-state index is -1.12. The van der Waals surface area contributed by atoms with E-state index in [0.717, 1.165) is 43.0 Å². The Hall–Kier alpha value is -2.39. The lowest BCUT2D eigenvalue weighted by Crippen LogP contribution is -2.52. The number of H-pyrrole nitrogens is 1. The van der Waals surface area contributed by atoms with E-state index in [1.165, 1.54) is 0 Å². The molecule has 7 N–H and O–H groups in total. The highest BCUT2D eigenvalue weighted by Crippen LogP contribution is 2.34. The van der Waals surface area contributed by atoms with Crippen molar-refractivity contribution < 1.29 is 0 Å². The van der Waals surface area contributed by atoms with Crippen LogP contribution in [0.25, 0.3) is 0 Å². The molecule has 0 aliphatic carbocycles. The van der Waals surface area contributed by atoms with Crippen LogP contribution in [0, 0.1) is 6.92 Å². The van der Waals surface area contributed by atoms with Crippen LogP contribution in [0.2, 0.25) is 0 Å². The van der Waals surface area contributed by atoms with Crippen molar-refractivity contribution in [2.75, 3.05) is 13.1 Å². The van der Waals surface area contributed by atoms with E-state index >= 15 is 0 Å². The maximum absolute atomic E-state index is 6.58. The van der Waals surface area contributed by atoms with Gasteiger partial charge in [-0.25, -0.2) is 4.99 Å². The van der Waals surface area contributed by atoms with Crippen molar-refractivity contribution in [3.63, 3.8) is 0 Å². The molecule has 1 fully saturated rings. The number of guanidine groups is 1. The van der Waals surface area contributed by atoms with E-state index in [-0.39, 0.29) is 5.96 Å². The van der Waals surface area contributed by atoms with Gasteiger partial charge in [0.25, 0.3) is 0 Å². The number of rotatable bonds is 2. The molecule has 122 valence electrons. The molecule has 0 amide bonds. The summed E-state index contributed by atoms with van der Waals surface area (Å²) < 4.78 is 0. The van der Waals surface area contributed by atoms with Gasteiger partial charge in [-0.15, -0.1) is 0 Å². The van der Waals surface area contributed by atoms with Gasteiger partial charge in [0, 0.05) is 11.9 Å². The summed E-state index contributed by atoms with van der Waals surface area (Å²) >= 11 is 0. The van der Waals surface area contributed by atoms with Crippen molar-refractivity contribution in [2.45, 2.75) is 31.5 Å². The zero-order valence-corrected chi connectivity index (χ0v) is 13.0. The van der Waals surface area contributed by atoms with Gasteiger partial charge in [-0.3, -0.25) is 15.8 Å². The molecule has 0 spiro atoms. The Morgan fingerprint density at radius 3 is 2.83 bits per heavy atom. The fourth-order valence-corrected chi connectivity index (χ4v) is 3.31. The lowest BCUT2D eigenvalue weighted by atomic mass is 9.95. The highest BCUT2D eigenvalue weighted by atomic mass is 15.6. The van der Waals surface area contributed by atoms with Crippen LogP contribution in [-0.2, 0) is 5.66 Å². The van der Waals surface area contributed by atoms with Crippen LogP contribution in [0.15, 0.2) is 27.8 Å². The standard InChI is InChI=1S/C14H21N9/c1-8-6-11(22-21-8)14(16)10-7-18-23(9-2-4-17-5-3-9)12(10)19-13(15)20-14/h6-7,9,17-18H,2-5,16H2,1H3,(H2,15,20)(H,21,22). The molecule has 1 atom stereocenters. The number of nitrogens with one attached hydrogen (secondary N) is 3. The summed E-state index contributed by atoms with van der Waals surface area (Å²) in [5, 5.41) is 12.6. The number of piperidine rings is 1. The molecule has 4 rings (SSSR count). The Morgan fingerprint density at radius 2 is 2.13 bits per heavy atom. The van der Waals surface area contributed by atoms with Crippen molar-refractivity contribution in [1.29, 1.82) is 0 Å². The first-order chi connectivity index (χ1) is 11.1. The molecular weight excluding hydrogens is 294 g/mol. The third kappa shape index (κ3) is 2.20. The second-order valence-corrected chi connectivity index (χ2v) is 6.15. The SMILES string of the molecule is Cc1cc(C2(N)N=C(N)N=C3C2=CNN3C2CCNCC2)n[nH]1. The number of nitrogens with zero attached hydrogens (tertiary/aromatic N) is 4. The molecular formula is C14H21N9. The zero-order chi connectivity index (χ0) is 16.0. The van der Waals surface area contributed by atoms with E-state index in [2.05, 4.69) is 35.9 Å². The topological polar surface area (TPSA) is 133 Å². The maximum atomic E-state index is 6.58. The Balaban J connectivity index is 1.70. The van der Waals surface area contributed by atoms with Crippen molar-refractivity contribution in [3.8, 4) is 0 Å². The van der Waals surface area contributed by atoms with Crippen molar-refractivity contribution in [2.24, 2.45) is 21.5 Å². The Bertz CT molecular complexity index is 710. The highest BCUT2D eigenvalue weighted by molar-refractivity contribution is 6.10. The Kier molecular flexibility index (Phi) is 3.13. The van der Waals surface area contributed by atoms with Crippen LogP contribution in [0.4, 0.5) is 0 Å². The minimum Gasteiger partial charge on any atom is -0.368 e. The molecule has 1 saturated heterocycles. The molecule has 1 aromatic heterocycles. The van der Waals surface area contributed by atoms with Gasteiger partial charge in [0.1, 0.15) is 5.69 Å². The average Bonchev–Trinajstić information content (AvgIpc) is 3.15. The molecule has 0 saturated carbocycles. The van der Waals surface area contributed by atoms with E-state index in [0.29, 0.717) is 11.7 Å². The molecule has 0 radical (unpaired) electrons. The van der Waals surface area contributed by atoms with Gasteiger partial charge >= 0.3 is 0 Å². The molecule has 9 nitrogen and oxygen atoms in total. The lowest BCUT2D eigenvalue weighted by molar-refractivity contribution is 0.222. The molecule has 1 aromatic rings. The Morgan fingerprint density at radius 1 is 1.35 bits per heavy atom. The number of hydrogen-bond donors (Lipinski definition) is 5. The molecule has 23 heavy (non-hydrogen) atoms. The number of aromatic nitrogens is 2. The number of hydrazine groups is 1.